The summed E-state index contributed by atoms with van der Waals surface area (Å²) in [5.41, 5.74) is 2.69. The summed E-state index contributed by atoms with van der Waals surface area (Å²) < 4.78 is 24.5. The van der Waals surface area contributed by atoms with E-state index in [2.05, 4.69) is 0 Å². The minimum atomic E-state index is -3.53. The quantitative estimate of drug-likeness (QED) is 0.789. The highest BCUT2D eigenvalue weighted by molar-refractivity contribution is 7.91. The molecule has 24 heavy (non-hydrogen) atoms. The maximum absolute atomic E-state index is 12.2. The Labute approximate surface area is 148 Å². The van der Waals surface area contributed by atoms with Crippen LogP contribution in [-0.2, 0) is 26.9 Å². The van der Waals surface area contributed by atoms with Crippen molar-refractivity contribution >= 4 is 27.3 Å². The third-order valence-electron chi connectivity index (χ3n) is 3.74. The highest BCUT2D eigenvalue weighted by Gasteiger charge is 2.20. The minimum Gasteiger partial charge on any atom is -0.341 e. The molecule has 0 bridgehead atoms. The van der Waals surface area contributed by atoms with E-state index < -0.39 is 21.5 Å². The van der Waals surface area contributed by atoms with Crippen LogP contribution in [0.15, 0.2) is 48.5 Å². The van der Waals surface area contributed by atoms with E-state index in [9.17, 15) is 13.2 Å². The molecule has 4 nitrogen and oxygen atoms in total. The molecule has 0 aromatic heterocycles. The summed E-state index contributed by atoms with van der Waals surface area (Å²) in [5, 5.41) is 0.546. The van der Waals surface area contributed by atoms with Gasteiger partial charge in [0.2, 0.25) is 5.91 Å². The molecule has 0 unspecified atom stereocenters. The van der Waals surface area contributed by atoms with Crippen LogP contribution in [0.1, 0.15) is 16.7 Å². The predicted octanol–water partition coefficient (Wildman–Crippen LogP) is 3.22. The number of hydrogen-bond donors (Lipinski definition) is 0. The van der Waals surface area contributed by atoms with Crippen LogP contribution in [-0.4, -0.2) is 32.0 Å². The first-order chi connectivity index (χ1) is 11.3. The van der Waals surface area contributed by atoms with E-state index >= 15 is 0 Å². The fourth-order valence-electron chi connectivity index (χ4n) is 2.32. The topological polar surface area (TPSA) is 54.5 Å². The normalized spacial score (nSPS) is 11.3. The molecule has 128 valence electrons. The standard InChI is InChI=1S/C18H20ClNO3S/c1-14-5-3-4-6-16(14)11-20(2)18(21)13-24(22,23)12-15-7-9-17(19)10-8-15/h3-10H,11-13H2,1-2H3. The number of hydrogen-bond acceptors (Lipinski definition) is 3. The van der Waals surface area contributed by atoms with Crippen LogP contribution >= 0.6 is 11.6 Å². The van der Waals surface area contributed by atoms with Gasteiger partial charge in [0.05, 0.1) is 5.75 Å². The first-order valence-corrected chi connectivity index (χ1v) is 9.70. The summed E-state index contributed by atoms with van der Waals surface area (Å²) in [6.07, 6.45) is 0. The van der Waals surface area contributed by atoms with Crippen LogP contribution in [0.4, 0.5) is 0 Å². The molecule has 0 fully saturated rings. The van der Waals surface area contributed by atoms with E-state index in [0.717, 1.165) is 11.1 Å². The van der Waals surface area contributed by atoms with Gasteiger partial charge in [-0.15, -0.1) is 0 Å². The molecule has 6 heteroatoms. The molecule has 0 aliphatic rings. The van der Waals surface area contributed by atoms with Crippen molar-refractivity contribution < 1.29 is 13.2 Å². The molecule has 0 aliphatic carbocycles. The molecule has 0 aliphatic heterocycles. The molecule has 0 saturated carbocycles. The second kappa shape index (κ2) is 7.81. The minimum absolute atomic E-state index is 0.173. The monoisotopic (exact) mass is 365 g/mol. The van der Waals surface area contributed by atoms with Crippen LogP contribution in [0.3, 0.4) is 0 Å². The maximum atomic E-state index is 12.2. The number of nitrogens with zero attached hydrogens (tertiary/aromatic N) is 1. The SMILES string of the molecule is Cc1ccccc1CN(C)C(=O)CS(=O)(=O)Cc1ccc(Cl)cc1. The van der Waals surface area contributed by atoms with Crippen molar-refractivity contribution in [3.63, 3.8) is 0 Å². The van der Waals surface area contributed by atoms with Gasteiger partial charge in [-0.25, -0.2) is 8.42 Å². The number of halogens is 1. The zero-order valence-corrected chi connectivity index (χ0v) is 15.3. The van der Waals surface area contributed by atoms with Crippen molar-refractivity contribution in [2.24, 2.45) is 0 Å². The average molecular weight is 366 g/mol. The largest absolute Gasteiger partial charge is 0.341 e. The first kappa shape index (κ1) is 18.5. The molecule has 0 atom stereocenters. The maximum Gasteiger partial charge on any atom is 0.237 e. The van der Waals surface area contributed by atoms with Crippen LogP contribution in [0, 0.1) is 6.92 Å². The van der Waals surface area contributed by atoms with E-state index in [1.165, 1.54) is 4.90 Å². The predicted molar refractivity (Wildman–Crippen MR) is 96.6 cm³/mol. The smallest absolute Gasteiger partial charge is 0.237 e. The van der Waals surface area contributed by atoms with Crippen LogP contribution in [0.2, 0.25) is 5.02 Å². The molecule has 2 aromatic carbocycles. The zero-order chi connectivity index (χ0) is 17.7. The second-order valence-corrected chi connectivity index (χ2v) is 8.34. The van der Waals surface area contributed by atoms with Crippen molar-refractivity contribution in [3.8, 4) is 0 Å². The van der Waals surface area contributed by atoms with Gasteiger partial charge in [0.15, 0.2) is 9.84 Å². The number of amides is 1. The molecular weight excluding hydrogens is 346 g/mol. The van der Waals surface area contributed by atoms with Gasteiger partial charge in [-0.2, -0.15) is 0 Å². The lowest BCUT2D eigenvalue weighted by atomic mass is 10.1. The molecule has 0 N–H and O–H groups in total. The Morgan fingerprint density at radius 2 is 1.71 bits per heavy atom. The average Bonchev–Trinajstić information content (AvgIpc) is 2.51. The fraction of sp³-hybridized carbons (Fsp3) is 0.278. The van der Waals surface area contributed by atoms with E-state index in [-0.39, 0.29) is 5.75 Å². The Bertz CT molecular complexity index is 816. The van der Waals surface area contributed by atoms with E-state index in [4.69, 9.17) is 11.6 Å². The van der Waals surface area contributed by atoms with Crippen molar-refractivity contribution in [2.45, 2.75) is 19.2 Å². The Morgan fingerprint density at radius 3 is 2.33 bits per heavy atom. The van der Waals surface area contributed by atoms with Crippen molar-refractivity contribution in [3.05, 3.63) is 70.2 Å². The third kappa shape index (κ3) is 5.35. The number of rotatable bonds is 6. The van der Waals surface area contributed by atoms with Gasteiger partial charge in [-0.3, -0.25) is 4.79 Å². The fourth-order valence-corrected chi connectivity index (χ4v) is 3.84. The molecular formula is C18H20ClNO3S. The summed E-state index contributed by atoms with van der Waals surface area (Å²) in [6.45, 7) is 2.35. The lowest BCUT2D eigenvalue weighted by Crippen LogP contribution is -2.32. The third-order valence-corrected chi connectivity index (χ3v) is 5.45. The summed E-state index contributed by atoms with van der Waals surface area (Å²) in [6, 6.07) is 14.3. The summed E-state index contributed by atoms with van der Waals surface area (Å²) in [7, 11) is -1.91. The van der Waals surface area contributed by atoms with E-state index in [1.54, 1.807) is 31.3 Å². The molecule has 0 saturated heterocycles. The highest BCUT2D eigenvalue weighted by atomic mass is 35.5. The van der Waals surface area contributed by atoms with Crippen molar-refractivity contribution in [2.75, 3.05) is 12.8 Å². The molecule has 0 heterocycles. The van der Waals surface area contributed by atoms with Gasteiger partial charge in [0, 0.05) is 18.6 Å². The first-order valence-electron chi connectivity index (χ1n) is 7.50. The molecule has 0 radical (unpaired) electrons. The lowest BCUT2D eigenvalue weighted by molar-refractivity contribution is -0.127. The number of carbonyl (C=O) groups excluding carboxylic acids is 1. The number of carbonyl (C=O) groups is 1. The summed E-state index contributed by atoms with van der Waals surface area (Å²) in [5.74, 6) is -1.08. The van der Waals surface area contributed by atoms with Gasteiger partial charge < -0.3 is 4.90 Å². The highest BCUT2D eigenvalue weighted by Crippen LogP contribution is 2.14. The number of aryl methyl sites for hydroxylation is 1. The van der Waals surface area contributed by atoms with Gasteiger partial charge in [-0.1, -0.05) is 48.0 Å². The van der Waals surface area contributed by atoms with Gasteiger partial charge in [0.1, 0.15) is 5.75 Å². The summed E-state index contributed by atoms with van der Waals surface area (Å²) in [4.78, 5) is 13.7. The van der Waals surface area contributed by atoms with Gasteiger partial charge in [0.25, 0.3) is 0 Å². The Kier molecular flexibility index (Phi) is 6.02. The Morgan fingerprint density at radius 1 is 1.08 bits per heavy atom. The van der Waals surface area contributed by atoms with Gasteiger partial charge >= 0.3 is 0 Å². The summed E-state index contributed by atoms with van der Waals surface area (Å²) >= 11 is 5.79. The number of sulfone groups is 1. The lowest BCUT2D eigenvalue weighted by Gasteiger charge is -2.18. The molecule has 0 spiro atoms. The van der Waals surface area contributed by atoms with E-state index in [0.29, 0.717) is 17.1 Å². The second-order valence-electron chi connectivity index (χ2n) is 5.83. The van der Waals surface area contributed by atoms with Crippen molar-refractivity contribution in [1.29, 1.82) is 0 Å². The Balaban J connectivity index is 1.99. The van der Waals surface area contributed by atoms with Crippen LogP contribution < -0.4 is 0 Å². The van der Waals surface area contributed by atoms with Gasteiger partial charge in [-0.05, 0) is 35.7 Å². The van der Waals surface area contributed by atoms with Crippen LogP contribution in [0.25, 0.3) is 0 Å². The Hall–Kier alpha value is -1.85. The molecule has 2 rings (SSSR count). The molecule has 1 amide bonds. The number of benzene rings is 2. The molecule has 2 aromatic rings. The van der Waals surface area contributed by atoms with Crippen LogP contribution in [0.5, 0.6) is 0 Å². The zero-order valence-electron chi connectivity index (χ0n) is 13.7. The van der Waals surface area contributed by atoms with E-state index in [1.807, 2.05) is 31.2 Å². The van der Waals surface area contributed by atoms with Crippen molar-refractivity contribution in [1.82, 2.24) is 4.90 Å².